The Bertz CT molecular complexity index is 956. The molecule has 1 saturated heterocycles. The minimum absolute atomic E-state index is 0.258. The van der Waals surface area contributed by atoms with Gasteiger partial charge in [0.2, 0.25) is 10.0 Å². The molecule has 2 aromatic rings. The van der Waals surface area contributed by atoms with Crippen LogP contribution in [0.2, 0.25) is 5.02 Å². The molecule has 28 heavy (non-hydrogen) atoms. The molecule has 0 aromatic heterocycles. The quantitative estimate of drug-likeness (QED) is 0.328. The molecule has 3 atom stereocenters. The Labute approximate surface area is 173 Å². The van der Waals surface area contributed by atoms with Crippen LogP contribution in [0.15, 0.2) is 53.4 Å². The first-order valence-electron chi connectivity index (χ1n) is 9.79. The molecule has 5 heteroatoms. The van der Waals surface area contributed by atoms with Crippen molar-refractivity contribution in [1.82, 2.24) is 4.31 Å². The molecule has 1 aliphatic heterocycles. The third kappa shape index (κ3) is 4.78. The number of nitrogens with zero attached hydrogens (tertiary/aromatic N) is 1. The predicted octanol–water partition coefficient (Wildman–Crippen LogP) is 5.74. The third-order valence-corrected chi connectivity index (χ3v) is 7.10. The Morgan fingerprint density at radius 2 is 1.68 bits per heavy atom. The maximum absolute atomic E-state index is 13.2. The van der Waals surface area contributed by atoms with E-state index in [-0.39, 0.29) is 12.1 Å². The zero-order valence-corrected chi connectivity index (χ0v) is 17.9. The number of unbranched alkanes of at least 4 members (excludes halogenated alkanes) is 4. The molecule has 0 N–H and O–H groups in total. The molecule has 0 saturated carbocycles. The van der Waals surface area contributed by atoms with Crippen LogP contribution in [0.5, 0.6) is 0 Å². The molecule has 1 aliphatic rings. The summed E-state index contributed by atoms with van der Waals surface area (Å²) in [5.74, 6) is 6.40. The lowest BCUT2D eigenvalue weighted by Gasteiger charge is -2.07. The van der Waals surface area contributed by atoms with Crippen molar-refractivity contribution in [2.75, 3.05) is 0 Å². The molecule has 0 aliphatic carbocycles. The fourth-order valence-electron chi connectivity index (χ4n) is 3.29. The number of hydrogen-bond acceptors (Lipinski definition) is 2. The summed E-state index contributed by atoms with van der Waals surface area (Å²) in [6, 6.07) is 13.7. The average molecular weight is 416 g/mol. The lowest BCUT2D eigenvalue weighted by molar-refractivity contribution is 0.551. The summed E-state index contributed by atoms with van der Waals surface area (Å²) in [7, 11) is -3.59. The summed E-state index contributed by atoms with van der Waals surface area (Å²) in [4.78, 5) is 0.310. The third-order valence-electron chi connectivity index (χ3n) is 4.97. The van der Waals surface area contributed by atoms with Crippen molar-refractivity contribution >= 4 is 21.6 Å². The smallest absolute Gasteiger partial charge is 0.207 e. The van der Waals surface area contributed by atoms with E-state index in [1.54, 1.807) is 24.3 Å². The monoisotopic (exact) mass is 415 g/mol. The number of benzene rings is 2. The van der Waals surface area contributed by atoms with Gasteiger partial charge < -0.3 is 0 Å². The Kier molecular flexibility index (Phi) is 6.82. The molecule has 0 radical (unpaired) electrons. The molecule has 0 amide bonds. The van der Waals surface area contributed by atoms with Crippen molar-refractivity contribution in [1.29, 1.82) is 0 Å². The van der Waals surface area contributed by atoms with Crippen molar-refractivity contribution in [2.45, 2.75) is 62.9 Å². The van der Waals surface area contributed by atoms with Crippen molar-refractivity contribution in [3.05, 3.63) is 64.7 Å². The molecule has 2 aromatic carbocycles. The highest BCUT2D eigenvalue weighted by atomic mass is 35.5. The van der Waals surface area contributed by atoms with E-state index < -0.39 is 10.0 Å². The zero-order valence-electron chi connectivity index (χ0n) is 16.4. The second-order valence-corrected chi connectivity index (χ2v) is 9.50. The van der Waals surface area contributed by atoms with Crippen molar-refractivity contribution in [2.24, 2.45) is 0 Å². The van der Waals surface area contributed by atoms with E-state index in [4.69, 9.17) is 11.6 Å². The number of hydrogen-bond donors (Lipinski definition) is 0. The summed E-state index contributed by atoms with van der Waals surface area (Å²) >= 11 is 5.99. The summed E-state index contributed by atoms with van der Waals surface area (Å²) in [6.45, 7) is 4.12. The zero-order chi connectivity index (χ0) is 20.1. The van der Waals surface area contributed by atoms with Crippen LogP contribution in [0.3, 0.4) is 0 Å². The predicted molar refractivity (Wildman–Crippen MR) is 115 cm³/mol. The Balaban J connectivity index is 1.82. The van der Waals surface area contributed by atoms with Crippen LogP contribution < -0.4 is 0 Å². The van der Waals surface area contributed by atoms with E-state index in [0.29, 0.717) is 9.92 Å². The summed E-state index contributed by atoms with van der Waals surface area (Å²) in [5.41, 5.74) is 1.95. The topological polar surface area (TPSA) is 37.1 Å². The van der Waals surface area contributed by atoms with Gasteiger partial charge in [0.05, 0.1) is 10.9 Å². The molecular formula is C23H26ClNO2S. The van der Waals surface area contributed by atoms with Crippen LogP contribution in [0.4, 0.5) is 0 Å². The summed E-state index contributed by atoms with van der Waals surface area (Å²) < 4.78 is 27.9. The molecule has 3 rings (SSSR count). The van der Waals surface area contributed by atoms with Gasteiger partial charge in [-0.2, -0.15) is 4.31 Å². The van der Waals surface area contributed by atoms with Crippen LogP contribution in [0.1, 0.15) is 56.2 Å². The standard InChI is InChI=1S/C23H26ClNO2S/c1-3-4-5-6-7-8-9-22-23(19-12-14-20(24)15-13-19)25(22)28(26,27)21-16-10-18(2)11-17-21/h10-17,22-23H,3-7H2,1-2H3/t22-,23+,25?/m1/s1. The molecular weight excluding hydrogens is 390 g/mol. The first-order valence-corrected chi connectivity index (χ1v) is 11.6. The number of aryl methyl sites for hydroxylation is 1. The van der Waals surface area contributed by atoms with Crippen LogP contribution in [0.25, 0.3) is 0 Å². The van der Waals surface area contributed by atoms with E-state index in [0.717, 1.165) is 24.0 Å². The molecule has 148 valence electrons. The van der Waals surface area contributed by atoms with Gasteiger partial charge in [-0.3, -0.25) is 0 Å². The van der Waals surface area contributed by atoms with E-state index in [9.17, 15) is 8.42 Å². The van der Waals surface area contributed by atoms with Crippen molar-refractivity contribution < 1.29 is 8.42 Å². The highest BCUT2D eigenvalue weighted by Crippen LogP contribution is 2.47. The SMILES string of the molecule is CCCCCCC#C[C@@H]1[C@H](c2ccc(Cl)cc2)N1S(=O)(=O)c1ccc(C)cc1. The maximum Gasteiger partial charge on any atom is 0.244 e. The number of halogens is 1. The largest absolute Gasteiger partial charge is 0.244 e. The van der Waals surface area contributed by atoms with Crippen molar-refractivity contribution in [3.63, 3.8) is 0 Å². The van der Waals surface area contributed by atoms with Gasteiger partial charge in [0.1, 0.15) is 6.04 Å². The minimum atomic E-state index is -3.59. The molecule has 3 nitrogen and oxygen atoms in total. The average Bonchev–Trinajstić information content (AvgIpc) is 3.41. The van der Waals surface area contributed by atoms with E-state index >= 15 is 0 Å². The minimum Gasteiger partial charge on any atom is -0.207 e. The van der Waals surface area contributed by atoms with Gasteiger partial charge in [-0.25, -0.2) is 8.42 Å². The van der Waals surface area contributed by atoms with Gasteiger partial charge >= 0.3 is 0 Å². The Morgan fingerprint density at radius 3 is 2.32 bits per heavy atom. The number of rotatable bonds is 7. The van der Waals surface area contributed by atoms with Crippen LogP contribution in [-0.4, -0.2) is 18.8 Å². The Hall–Kier alpha value is -1.80. The fourth-order valence-corrected chi connectivity index (χ4v) is 5.09. The summed E-state index contributed by atoms with van der Waals surface area (Å²) in [5, 5.41) is 0.635. The second-order valence-electron chi connectivity index (χ2n) is 7.22. The van der Waals surface area contributed by atoms with Crippen LogP contribution in [-0.2, 0) is 10.0 Å². The van der Waals surface area contributed by atoms with Gasteiger partial charge in [-0.15, -0.1) is 5.92 Å². The molecule has 1 fully saturated rings. The molecule has 0 bridgehead atoms. The van der Waals surface area contributed by atoms with Gasteiger partial charge in [0.15, 0.2) is 0 Å². The lowest BCUT2D eigenvalue weighted by Crippen LogP contribution is -2.14. The summed E-state index contributed by atoms with van der Waals surface area (Å²) in [6.07, 6.45) is 5.44. The van der Waals surface area contributed by atoms with E-state index in [2.05, 4.69) is 18.8 Å². The van der Waals surface area contributed by atoms with Gasteiger partial charge in [0.25, 0.3) is 0 Å². The van der Waals surface area contributed by atoms with Gasteiger partial charge in [-0.05, 0) is 43.2 Å². The lowest BCUT2D eigenvalue weighted by atomic mass is 10.1. The Morgan fingerprint density at radius 1 is 1.00 bits per heavy atom. The van der Waals surface area contributed by atoms with Crippen LogP contribution >= 0.6 is 11.6 Å². The van der Waals surface area contributed by atoms with Crippen LogP contribution in [0, 0.1) is 18.8 Å². The van der Waals surface area contributed by atoms with E-state index in [1.165, 1.54) is 23.6 Å². The highest BCUT2D eigenvalue weighted by molar-refractivity contribution is 7.89. The maximum atomic E-state index is 13.2. The normalized spacial score (nSPS) is 21.0. The van der Waals surface area contributed by atoms with E-state index in [1.807, 2.05) is 31.2 Å². The molecule has 1 unspecified atom stereocenters. The first-order chi connectivity index (χ1) is 13.4. The second kappa shape index (κ2) is 9.13. The highest BCUT2D eigenvalue weighted by Gasteiger charge is 2.55. The van der Waals surface area contributed by atoms with Crippen molar-refractivity contribution in [3.8, 4) is 11.8 Å². The van der Waals surface area contributed by atoms with Gasteiger partial charge in [-0.1, -0.05) is 73.5 Å². The molecule has 1 heterocycles. The first kappa shape index (κ1) is 20.9. The van der Waals surface area contributed by atoms with Gasteiger partial charge in [0, 0.05) is 11.4 Å². The molecule has 0 spiro atoms. The number of sulfonamides is 1. The fraction of sp³-hybridized carbons (Fsp3) is 0.391.